The zero-order chi connectivity index (χ0) is 14.7. The summed E-state index contributed by atoms with van der Waals surface area (Å²) in [5.74, 6) is 1.61. The fraction of sp³-hybridized carbons (Fsp3) is 0. The maximum Gasteiger partial charge on any atom is 0.127 e. The first-order chi connectivity index (χ1) is 10.2. The Morgan fingerprint density at radius 2 is 1.14 bits per heavy atom. The van der Waals surface area contributed by atoms with Gasteiger partial charge in [0, 0.05) is 10.0 Å². The first kappa shape index (κ1) is 14.0. The van der Waals surface area contributed by atoms with E-state index in [1.165, 1.54) is 0 Å². The van der Waals surface area contributed by atoms with Gasteiger partial charge in [-0.3, -0.25) is 0 Å². The minimum absolute atomic E-state index is 0.627. The van der Waals surface area contributed by atoms with Gasteiger partial charge in [-0.2, -0.15) is 0 Å². The van der Waals surface area contributed by atoms with Gasteiger partial charge in [-0.05, 0) is 53.6 Å². The first-order valence-electron chi connectivity index (χ1n) is 6.50. The predicted octanol–water partition coefficient (Wildman–Crippen LogP) is 6.45. The minimum Gasteiger partial charge on any atom is -0.457 e. The van der Waals surface area contributed by atoms with Crippen LogP contribution in [0.3, 0.4) is 0 Å². The zero-order valence-corrected chi connectivity index (χ0v) is 12.6. The predicted molar refractivity (Wildman–Crippen MR) is 88.4 cm³/mol. The average molecular weight is 315 g/mol. The molecule has 104 valence electrons. The van der Waals surface area contributed by atoms with Gasteiger partial charge >= 0.3 is 0 Å². The van der Waals surface area contributed by atoms with Crippen LogP contribution in [-0.2, 0) is 0 Å². The van der Waals surface area contributed by atoms with E-state index in [1.54, 1.807) is 6.07 Å². The Morgan fingerprint density at radius 1 is 0.571 bits per heavy atom. The SMILES string of the molecule is Clc1cc(Cl)cc(-c2ccc(Oc3ccccc3)cc2)c1. The Hall–Kier alpha value is -1.96. The van der Waals surface area contributed by atoms with Crippen molar-refractivity contribution in [3.05, 3.63) is 82.8 Å². The molecule has 0 N–H and O–H groups in total. The number of ether oxygens (including phenoxy) is 1. The summed E-state index contributed by atoms with van der Waals surface area (Å²) in [7, 11) is 0. The molecule has 0 saturated carbocycles. The molecule has 21 heavy (non-hydrogen) atoms. The Balaban J connectivity index is 1.84. The topological polar surface area (TPSA) is 9.23 Å². The van der Waals surface area contributed by atoms with Crippen LogP contribution >= 0.6 is 23.2 Å². The van der Waals surface area contributed by atoms with Gasteiger partial charge in [0.2, 0.25) is 0 Å². The number of hydrogen-bond acceptors (Lipinski definition) is 1. The third kappa shape index (κ3) is 3.57. The van der Waals surface area contributed by atoms with Crippen molar-refractivity contribution >= 4 is 23.2 Å². The number of rotatable bonds is 3. The van der Waals surface area contributed by atoms with Crippen LogP contribution in [0.5, 0.6) is 11.5 Å². The molecule has 0 aliphatic rings. The monoisotopic (exact) mass is 314 g/mol. The molecule has 0 aliphatic carbocycles. The summed E-state index contributed by atoms with van der Waals surface area (Å²) < 4.78 is 5.76. The normalized spacial score (nSPS) is 10.4. The van der Waals surface area contributed by atoms with E-state index in [2.05, 4.69) is 0 Å². The van der Waals surface area contributed by atoms with E-state index in [0.717, 1.165) is 22.6 Å². The molecule has 3 aromatic rings. The molecule has 1 nitrogen and oxygen atoms in total. The van der Waals surface area contributed by atoms with E-state index in [-0.39, 0.29) is 0 Å². The van der Waals surface area contributed by atoms with Gasteiger partial charge < -0.3 is 4.74 Å². The molecule has 0 aliphatic heterocycles. The maximum atomic E-state index is 6.03. The van der Waals surface area contributed by atoms with E-state index in [1.807, 2.05) is 66.7 Å². The smallest absolute Gasteiger partial charge is 0.127 e. The fourth-order valence-electron chi connectivity index (χ4n) is 2.06. The number of benzene rings is 3. The molecule has 3 heteroatoms. The largest absolute Gasteiger partial charge is 0.457 e. The van der Waals surface area contributed by atoms with E-state index in [9.17, 15) is 0 Å². The highest BCUT2D eigenvalue weighted by Crippen LogP contribution is 2.29. The van der Waals surface area contributed by atoms with E-state index in [0.29, 0.717) is 10.0 Å². The molecule has 0 amide bonds. The van der Waals surface area contributed by atoms with Crippen molar-refractivity contribution in [2.45, 2.75) is 0 Å². The number of para-hydroxylation sites is 1. The van der Waals surface area contributed by atoms with Gasteiger partial charge in [0.05, 0.1) is 0 Å². The van der Waals surface area contributed by atoms with Crippen molar-refractivity contribution in [3.8, 4) is 22.6 Å². The van der Waals surface area contributed by atoms with Gasteiger partial charge in [0.1, 0.15) is 11.5 Å². The van der Waals surface area contributed by atoms with Gasteiger partial charge in [-0.1, -0.05) is 53.5 Å². The highest BCUT2D eigenvalue weighted by molar-refractivity contribution is 6.35. The summed E-state index contributed by atoms with van der Waals surface area (Å²) in [4.78, 5) is 0. The van der Waals surface area contributed by atoms with Crippen molar-refractivity contribution < 1.29 is 4.74 Å². The highest BCUT2D eigenvalue weighted by Gasteiger charge is 2.03. The van der Waals surface area contributed by atoms with Crippen LogP contribution < -0.4 is 4.74 Å². The lowest BCUT2D eigenvalue weighted by Crippen LogP contribution is -1.84. The average Bonchev–Trinajstić information content (AvgIpc) is 2.48. The molecule has 0 aromatic heterocycles. The molecule has 0 radical (unpaired) electrons. The van der Waals surface area contributed by atoms with Crippen LogP contribution in [0.4, 0.5) is 0 Å². The molecule has 0 fully saturated rings. The second kappa shape index (κ2) is 6.21. The van der Waals surface area contributed by atoms with Crippen LogP contribution in [0.2, 0.25) is 10.0 Å². The molecule has 0 heterocycles. The Kier molecular flexibility index (Phi) is 4.14. The van der Waals surface area contributed by atoms with Crippen LogP contribution in [0.15, 0.2) is 72.8 Å². The molecular weight excluding hydrogens is 303 g/mol. The second-order valence-electron chi connectivity index (χ2n) is 4.60. The lowest BCUT2D eigenvalue weighted by Gasteiger charge is -2.07. The quantitative estimate of drug-likeness (QED) is 0.539. The molecule has 0 unspecified atom stereocenters. The second-order valence-corrected chi connectivity index (χ2v) is 5.47. The maximum absolute atomic E-state index is 6.03. The van der Waals surface area contributed by atoms with Gasteiger partial charge in [-0.15, -0.1) is 0 Å². The lowest BCUT2D eigenvalue weighted by atomic mass is 10.1. The third-order valence-electron chi connectivity index (χ3n) is 3.03. The van der Waals surface area contributed by atoms with Gasteiger partial charge in [0.25, 0.3) is 0 Å². The molecule has 0 bridgehead atoms. The number of halogens is 2. The fourth-order valence-corrected chi connectivity index (χ4v) is 2.59. The summed E-state index contributed by atoms with van der Waals surface area (Å²) in [6.45, 7) is 0. The Morgan fingerprint density at radius 3 is 1.76 bits per heavy atom. The summed E-state index contributed by atoms with van der Waals surface area (Å²) in [6, 6.07) is 23.0. The third-order valence-corrected chi connectivity index (χ3v) is 3.47. The Labute approximate surface area is 133 Å². The van der Waals surface area contributed by atoms with Crippen molar-refractivity contribution in [1.29, 1.82) is 0 Å². The summed E-state index contributed by atoms with van der Waals surface area (Å²) >= 11 is 12.1. The molecular formula is C18H12Cl2O. The van der Waals surface area contributed by atoms with Crippen molar-refractivity contribution in [2.24, 2.45) is 0 Å². The molecule has 0 spiro atoms. The van der Waals surface area contributed by atoms with Crippen molar-refractivity contribution in [3.63, 3.8) is 0 Å². The van der Waals surface area contributed by atoms with Crippen LogP contribution in [0.25, 0.3) is 11.1 Å². The van der Waals surface area contributed by atoms with E-state index >= 15 is 0 Å². The molecule has 0 saturated heterocycles. The van der Waals surface area contributed by atoms with E-state index in [4.69, 9.17) is 27.9 Å². The summed E-state index contributed by atoms with van der Waals surface area (Å²) in [5, 5.41) is 1.25. The highest BCUT2D eigenvalue weighted by atomic mass is 35.5. The lowest BCUT2D eigenvalue weighted by molar-refractivity contribution is 0.483. The summed E-state index contributed by atoms with van der Waals surface area (Å²) in [6.07, 6.45) is 0. The Bertz CT molecular complexity index is 717. The summed E-state index contributed by atoms with van der Waals surface area (Å²) in [5.41, 5.74) is 2.03. The molecule has 3 aromatic carbocycles. The van der Waals surface area contributed by atoms with E-state index < -0.39 is 0 Å². The standard InChI is InChI=1S/C18H12Cl2O/c19-15-10-14(11-16(20)12-15)13-6-8-18(9-7-13)21-17-4-2-1-3-5-17/h1-12H. The van der Waals surface area contributed by atoms with Crippen LogP contribution in [0, 0.1) is 0 Å². The molecule has 0 atom stereocenters. The minimum atomic E-state index is 0.627. The van der Waals surface area contributed by atoms with Crippen LogP contribution in [0.1, 0.15) is 0 Å². The van der Waals surface area contributed by atoms with Crippen LogP contribution in [-0.4, -0.2) is 0 Å². The van der Waals surface area contributed by atoms with Crippen molar-refractivity contribution in [2.75, 3.05) is 0 Å². The number of hydrogen-bond donors (Lipinski definition) is 0. The van der Waals surface area contributed by atoms with Crippen molar-refractivity contribution in [1.82, 2.24) is 0 Å². The first-order valence-corrected chi connectivity index (χ1v) is 7.26. The van der Waals surface area contributed by atoms with Gasteiger partial charge in [-0.25, -0.2) is 0 Å². The zero-order valence-electron chi connectivity index (χ0n) is 11.1. The molecule has 3 rings (SSSR count). The van der Waals surface area contributed by atoms with Gasteiger partial charge in [0.15, 0.2) is 0 Å².